The summed E-state index contributed by atoms with van der Waals surface area (Å²) in [6, 6.07) is 3.16. The largest absolute Gasteiger partial charge is 0.463 e. The number of hydrogen-bond donors (Lipinski definition) is 1. The van der Waals surface area contributed by atoms with E-state index in [-0.39, 0.29) is 17.1 Å². The summed E-state index contributed by atoms with van der Waals surface area (Å²) >= 11 is 0. The highest BCUT2D eigenvalue weighted by atomic mass is 16.5. The van der Waals surface area contributed by atoms with Crippen LogP contribution < -0.4 is 0 Å². The standard InChI is InChI=1S/C12H16O4/c1-12(2)6-7(12)10(13)8-4-5-9(16-8)11(14)15-3/h4-5,7,10,13H,6H2,1-3H3. The van der Waals surface area contributed by atoms with Crippen molar-refractivity contribution in [2.75, 3.05) is 7.11 Å². The molecule has 16 heavy (non-hydrogen) atoms. The molecule has 2 unspecified atom stereocenters. The SMILES string of the molecule is COC(=O)c1ccc(C(O)C2CC2(C)C)o1. The highest BCUT2D eigenvalue weighted by molar-refractivity contribution is 5.86. The average molecular weight is 224 g/mol. The molecule has 0 amide bonds. The lowest BCUT2D eigenvalue weighted by Gasteiger charge is -2.09. The van der Waals surface area contributed by atoms with Crippen LogP contribution in [-0.4, -0.2) is 18.2 Å². The van der Waals surface area contributed by atoms with Crippen LogP contribution in [0.2, 0.25) is 0 Å². The van der Waals surface area contributed by atoms with Gasteiger partial charge in [0, 0.05) is 0 Å². The maximum atomic E-state index is 11.2. The van der Waals surface area contributed by atoms with Gasteiger partial charge in [-0.2, -0.15) is 0 Å². The third-order valence-electron chi connectivity index (χ3n) is 3.28. The van der Waals surface area contributed by atoms with Crippen LogP contribution in [0.3, 0.4) is 0 Å². The first-order valence-electron chi connectivity index (χ1n) is 5.32. The molecular formula is C12H16O4. The minimum atomic E-state index is -0.631. The minimum absolute atomic E-state index is 0.134. The Balaban J connectivity index is 2.10. The molecule has 88 valence electrons. The molecule has 1 aliphatic carbocycles. The van der Waals surface area contributed by atoms with Crippen molar-refractivity contribution < 1.29 is 19.1 Å². The third-order valence-corrected chi connectivity index (χ3v) is 3.28. The normalized spacial score (nSPS) is 23.9. The van der Waals surface area contributed by atoms with Gasteiger partial charge in [-0.1, -0.05) is 13.8 Å². The Labute approximate surface area is 94.2 Å². The minimum Gasteiger partial charge on any atom is -0.463 e. The van der Waals surface area contributed by atoms with Gasteiger partial charge in [0.05, 0.1) is 7.11 Å². The van der Waals surface area contributed by atoms with Gasteiger partial charge in [-0.25, -0.2) is 4.79 Å². The van der Waals surface area contributed by atoms with E-state index in [4.69, 9.17) is 4.42 Å². The molecule has 1 aromatic rings. The Morgan fingerprint density at radius 2 is 2.25 bits per heavy atom. The number of hydrogen-bond acceptors (Lipinski definition) is 4. The Morgan fingerprint density at radius 3 is 2.75 bits per heavy atom. The van der Waals surface area contributed by atoms with E-state index in [1.807, 2.05) is 0 Å². The first-order chi connectivity index (χ1) is 7.45. The van der Waals surface area contributed by atoms with Crippen LogP contribution in [0.4, 0.5) is 0 Å². The fourth-order valence-corrected chi connectivity index (χ4v) is 1.97. The lowest BCUT2D eigenvalue weighted by Crippen LogP contribution is -2.04. The molecule has 1 saturated carbocycles. The number of aliphatic hydroxyl groups is 1. The van der Waals surface area contributed by atoms with Gasteiger partial charge >= 0.3 is 5.97 Å². The zero-order valence-electron chi connectivity index (χ0n) is 9.69. The molecule has 0 bridgehead atoms. The predicted molar refractivity (Wildman–Crippen MR) is 56.9 cm³/mol. The predicted octanol–water partition coefficient (Wildman–Crippen LogP) is 2.15. The summed E-state index contributed by atoms with van der Waals surface area (Å²) in [5.74, 6) is 0.267. The van der Waals surface area contributed by atoms with Crippen molar-refractivity contribution in [1.29, 1.82) is 0 Å². The van der Waals surface area contributed by atoms with Crippen LogP contribution in [0, 0.1) is 11.3 Å². The summed E-state index contributed by atoms with van der Waals surface area (Å²) in [6.45, 7) is 4.20. The monoisotopic (exact) mass is 224 g/mol. The smallest absolute Gasteiger partial charge is 0.373 e. The van der Waals surface area contributed by atoms with Crippen LogP contribution >= 0.6 is 0 Å². The third kappa shape index (κ3) is 1.85. The summed E-state index contributed by atoms with van der Waals surface area (Å²) in [5.41, 5.74) is 0.164. The number of furan rings is 1. The van der Waals surface area contributed by atoms with E-state index >= 15 is 0 Å². The Bertz CT molecular complexity index is 405. The second-order valence-corrected chi connectivity index (χ2v) is 4.94. The fourth-order valence-electron chi connectivity index (χ4n) is 1.97. The van der Waals surface area contributed by atoms with Gasteiger partial charge < -0.3 is 14.3 Å². The van der Waals surface area contributed by atoms with Gasteiger partial charge in [-0.05, 0) is 29.9 Å². The number of rotatable bonds is 3. The second-order valence-electron chi connectivity index (χ2n) is 4.94. The van der Waals surface area contributed by atoms with Gasteiger partial charge in [0.2, 0.25) is 5.76 Å². The average Bonchev–Trinajstić information content (AvgIpc) is 2.69. The molecule has 0 aliphatic heterocycles. The van der Waals surface area contributed by atoms with E-state index in [0.717, 1.165) is 6.42 Å². The van der Waals surface area contributed by atoms with Crippen LogP contribution in [0.5, 0.6) is 0 Å². The van der Waals surface area contributed by atoms with Crippen LogP contribution in [-0.2, 0) is 4.74 Å². The molecular weight excluding hydrogens is 208 g/mol. The topological polar surface area (TPSA) is 59.7 Å². The van der Waals surface area contributed by atoms with E-state index < -0.39 is 12.1 Å². The molecule has 0 aromatic carbocycles. The molecule has 0 saturated heterocycles. The Morgan fingerprint density at radius 1 is 1.62 bits per heavy atom. The molecule has 4 nitrogen and oxygen atoms in total. The first-order valence-corrected chi connectivity index (χ1v) is 5.32. The summed E-state index contributed by atoms with van der Waals surface area (Å²) in [6.07, 6.45) is 0.344. The van der Waals surface area contributed by atoms with Crippen LogP contribution in [0.25, 0.3) is 0 Å². The number of methoxy groups -OCH3 is 1. The molecule has 1 aliphatic rings. The number of ether oxygens (including phenoxy) is 1. The Hall–Kier alpha value is -1.29. The van der Waals surface area contributed by atoms with E-state index in [1.165, 1.54) is 13.2 Å². The van der Waals surface area contributed by atoms with Gasteiger partial charge in [-0.3, -0.25) is 0 Å². The zero-order chi connectivity index (χ0) is 11.9. The molecule has 2 atom stereocenters. The van der Waals surface area contributed by atoms with Crippen molar-refractivity contribution >= 4 is 5.97 Å². The molecule has 2 rings (SSSR count). The summed E-state index contributed by atoms with van der Waals surface area (Å²) in [4.78, 5) is 11.2. The van der Waals surface area contributed by atoms with Gasteiger partial charge in [0.25, 0.3) is 0 Å². The molecule has 1 heterocycles. The molecule has 0 spiro atoms. The van der Waals surface area contributed by atoms with Crippen LogP contribution in [0.1, 0.15) is 42.7 Å². The second kappa shape index (κ2) is 3.63. The summed E-state index contributed by atoms with van der Waals surface area (Å²) < 4.78 is 9.80. The molecule has 1 aromatic heterocycles. The van der Waals surface area contributed by atoms with Crippen molar-refractivity contribution in [1.82, 2.24) is 0 Å². The number of esters is 1. The highest BCUT2D eigenvalue weighted by Crippen LogP contribution is 2.57. The summed E-state index contributed by atoms with van der Waals surface area (Å²) in [7, 11) is 1.30. The quantitative estimate of drug-likeness (QED) is 0.799. The number of aliphatic hydroxyl groups excluding tert-OH is 1. The van der Waals surface area contributed by atoms with E-state index in [0.29, 0.717) is 5.76 Å². The molecule has 0 radical (unpaired) electrons. The Kier molecular flexibility index (Phi) is 2.54. The fraction of sp³-hybridized carbons (Fsp3) is 0.583. The maximum Gasteiger partial charge on any atom is 0.373 e. The lowest BCUT2D eigenvalue weighted by atomic mass is 10.0. The van der Waals surface area contributed by atoms with E-state index in [2.05, 4.69) is 18.6 Å². The van der Waals surface area contributed by atoms with Crippen molar-refractivity contribution in [3.05, 3.63) is 23.7 Å². The maximum absolute atomic E-state index is 11.2. The van der Waals surface area contributed by atoms with Gasteiger partial charge in [0.15, 0.2) is 0 Å². The zero-order valence-corrected chi connectivity index (χ0v) is 9.69. The molecule has 1 fully saturated rings. The van der Waals surface area contributed by atoms with Crippen molar-refractivity contribution in [2.24, 2.45) is 11.3 Å². The molecule has 4 heteroatoms. The number of carbonyl (C=O) groups is 1. The van der Waals surface area contributed by atoms with Crippen molar-refractivity contribution in [3.63, 3.8) is 0 Å². The van der Waals surface area contributed by atoms with Crippen molar-refractivity contribution in [3.8, 4) is 0 Å². The van der Waals surface area contributed by atoms with Crippen molar-refractivity contribution in [2.45, 2.75) is 26.4 Å². The highest BCUT2D eigenvalue weighted by Gasteiger charge is 2.51. The van der Waals surface area contributed by atoms with E-state index in [9.17, 15) is 9.90 Å². The summed E-state index contributed by atoms with van der Waals surface area (Å²) in [5, 5.41) is 10.0. The van der Waals surface area contributed by atoms with Gasteiger partial charge in [-0.15, -0.1) is 0 Å². The van der Waals surface area contributed by atoms with Gasteiger partial charge in [0.1, 0.15) is 11.9 Å². The number of carbonyl (C=O) groups excluding carboxylic acids is 1. The van der Waals surface area contributed by atoms with Crippen LogP contribution in [0.15, 0.2) is 16.5 Å². The molecule has 1 N–H and O–H groups in total. The lowest BCUT2D eigenvalue weighted by molar-refractivity contribution is 0.0549. The first kappa shape index (κ1) is 11.2. The van der Waals surface area contributed by atoms with E-state index in [1.54, 1.807) is 6.07 Å².